The molecule has 1 saturated heterocycles. The Hall–Kier alpha value is -3.66. The first-order chi connectivity index (χ1) is 15.1. The number of ether oxygens (including phenoxy) is 4. The fraction of sp³-hybridized carbons (Fsp3) is 0.333. The number of benzene rings is 3. The number of carbonyl (C=O) groups excluding carboxylic acids is 1. The molecule has 1 atom stereocenters. The molecule has 0 aromatic heterocycles. The quantitative estimate of drug-likeness (QED) is 0.577. The number of amides is 1. The largest absolute Gasteiger partial charge is 0.493 e. The van der Waals surface area contributed by atoms with Crippen LogP contribution in [-0.4, -0.2) is 51.8 Å². The summed E-state index contributed by atoms with van der Waals surface area (Å²) in [6.45, 7) is 0.565. The maximum atomic E-state index is 13.6. The van der Waals surface area contributed by atoms with Crippen LogP contribution < -0.4 is 18.9 Å². The summed E-state index contributed by atoms with van der Waals surface area (Å²) < 4.78 is 22.0. The van der Waals surface area contributed by atoms with Crippen LogP contribution in [0.2, 0.25) is 0 Å². The molecule has 0 bridgehead atoms. The van der Waals surface area contributed by atoms with Gasteiger partial charge in [-0.3, -0.25) is 4.79 Å². The van der Waals surface area contributed by atoms with E-state index in [2.05, 4.69) is 6.07 Å². The molecule has 0 aliphatic carbocycles. The standard InChI is InChI=1S/C24H24N2O5/c1-28-20-9-14-8-19(24(27)26-7-5-6-15(26)13-25)18-12-23(31-4)22(30-3)11-17(18)16(14)10-21(20)29-2/h8-12,15H,5-7H2,1-4H3/t15-/m0/s1. The molecule has 31 heavy (non-hydrogen) atoms. The Morgan fingerprint density at radius 1 is 0.871 bits per heavy atom. The van der Waals surface area contributed by atoms with E-state index in [-0.39, 0.29) is 5.91 Å². The number of methoxy groups -OCH3 is 4. The van der Waals surface area contributed by atoms with E-state index in [1.807, 2.05) is 30.3 Å². The molecule has 0 radical (unpaired) electrons. The summed E-state index contributed by atoms with van der Waals surface area (Å²) in [7, 11) is 6.30. The highest BCUT2D eigenvalue weighted by atomic mass is 16.5. The average molecular weight is 420 g/mol. The van der Waals surface area contributed by atoms with E-state index in [4.69, 9.17) is 18.9 Å². The van der Waals surface area contributed by atoms with E-state index in [1.165, 1.54) is 0 Å². The molecular weight excluding hydrogens is 396 g/mol. The minimum Gasteiger partial charge on any atom is -0.493 e. The summed E-state index contributed by atoms with van der Waals surface area (Å²) in [5.74, 6) is 2.09. The summed E-state index contributed by atoms with van der Waals surface area (Å²) in [5, 5.41) is 12.8. The number of hydrogen-bond acceptors (Lipinski definition) is 6. The molecule has 1 heterocycles. The van der Waals surface area contributed by atoms with Gasteiger partial charge < -0.3 is 23.8 Å². The van der Waals surface area contributed by atoms with E-state index in [1.54, 1.807) is 33.3 Å². The third kappa shape index (κ3) is 3.34. The van der Waals surface area contributed by atoms with Crippen molar-refractivity contribution in [2.45, 2.75) is 18.9 Å². The number of fused-ring (bicyclic) bond motifs is 3. The summed E-state index contributed by atoms with van der Waals surface area (Å²) in [4.78, 5) is 15.2. The lowest BCUT2D eigenvalue weighted by atomic mass is 9.95. The predicted octanol–water partition coefficient (Wildman–Crippen LogP) is 4.16. The van der Waals surface area contributed by atoms with Gasteiger partial charge >= 0.3 is 0 Å². The molecule has 0 N–H and O–H groups in total. The van der Waals surface area contributed by atoms with Crippen molar-refractivity contribution in [1.82, 2.24) is 4.90 Å². The van der Waals surface area contributed by atoms with Crippen LogP contribution in [0.1, 0.15) is 23.2 Å². The Balaban J connectivity index is 2.06. The Kier molecular flexibility index (Phi) is 5.47. The number of likely N-dealkylation sites (tertiary alicyclic amines) is 1. The lowest BCUT2D eigenvalue weighted by Gasteiger charge is -2.22. The van der Waals surface area contributed by atoms with Crippen LogP contribution in [-0.2, 0) is 0 Å². The van der Waals surface area contributed by atoms with Crippen LogP contribution in [0.4, 0.5) is 0 Å². The SMILES string of the molecule is COc1cc2cc(C(=O)N3CCC[C@H]3C#N)c3cc(OC)c(OC)cc3c2cc1OC. The molecule has 1 amide bonds. The van der Waals surface area contributed by atoms with Gasteiger partial charge in [0.25, 0.3) is 5.91 Å². The summed E-state index contributed by atoms with van der Waals surface area (Å²) >= 11 is 0. The molecule has 0 saturated carbocycles. The second-order valence-electron chi connectivity index (χ2n) is 7.39. The van der Waals surface area contributed by atoms with Crippen LogP contribution in [0.5, 0.6) is 23.0 Å². The van der Waals surface area contributed by atoms with Gasteiger partial charge in [0.1, 0.15) is 6.04 Å². The highest BCUT2D eigenvalue weighted by Crippen LogP contribution is 2.41. The average Bonchev–Trinajstić information content (AvgIpc) is 3.30. The fourth-order valence-electron chi connectivity index (χ4n) is 4.28. The topological polar surface area (TPSA) is 81.0 Å². The summed E-state index contributed by atoms with van der Waals surface area (Å²) in [6, 6.07) is 11.1. The molecule has 7 nitrogen and oxygen atoms in total. The zero-order valence-electron chi connectivity index (χ0n) is 18.0. The molecule has 1 fully saturated rings. The highest BCUT2D eigenvalue weighted by Gasteiger charge is 2.31. The maximum absolute atomic E-state index is 13.6. The minimum absolute atomic E-state index is 0.169. The van der Waals surface area contributed by atoms with E-state index >= 15 is 0 Å². The predicted molar refractivity (Wildman–Crippen MR) is 117 cm³/mol. The Bertz CT molecular complexity index is 1210. The van der Waals surface area contributed by atoms with E-state index in [0.717, 1.165) is 28.0 Å². The first-order valence-electron chi connectivity index (χ1n) is 10.0. The van der Waals surface area contributed by atoms with Crippen molar-refractivity contribution in [3.05, 3.63) is 35.9 Å². The molecule has 1 aliphatic heterocycles. The molecule has 0 spiro atoms. The van der Waals surface area contributed by atoms with Gasteiger partial charge in [0, 0.05) is 12.1 Å². The van der Waals surface area contributed by atoms with Gasteiger partial charge in [-0.2, -0.15) is 5.26 Å². The van der Waals surface area contributed by atoms with Gasteiger partial charge in [0.05, 0.1) is 34.5 Å². The van der Waals surface area contributed by atoms with Gasteiger partial charge in [0.15, 0.2) is 23.0 Å². The third-order valence-electron chi connectivity index (χ3n) is 5.85. The van der Waals surface area contributed by atoms with Crippen molar-refractivity contribution in [2.75, 3.05) is 35.0 Å². The Morgan fingerprint density at radius 2 is 1.42 bits per heavy atom. The number of nitriles is 1. The van der Waals surface area contributed by atoms with Crippen molar-refractivity contribution in [3.63, 3.8) is 0 Å². The second kappa shape index (κ2) is 8.23. The van der Waals surface area contributed by atoms with Crippen molar-refractivity contribution in [1.29, 1.82) is 5.26 Å². The van der Waals surface area contributed by atoms with Gasteiger partial charge in [0.2, 0.25) is 0 Å². The smallest absolute Gasteiger partial charge is 0.255 e. The molecule has 4 rings (SSSR count). The summed E-state index contributed by atoms with van der Waals surface area (Å²) in [5.41, 5.74) is 0.512. The van der Waals surface area contributed by atoms with E-state index < -0.39 is 6.04 Å². The monoisotopic (exact) mass is 420 g/mol. The zero-order chi connectivity index (χ0) is 22.1. The van der Waals surface area contributed by atoms with Crippen molar-refractivity contribution in [3.8, 4) is 29.1 Å². The number of hydrogen-bond donors (Lipinski definition) is 0. The highest BCUT2D eigenvalue weighted by molar-refractivity contribution is 6.18. The molecule has 3 aromatic carbocycles. The number of nitrogens with zero attached hydrogens (tertiary/aromatic N) is 2. The molecule has 3 aromatic rings. The minimum atomic E-state index is -0.413. The van der Waals surface area contributed by atoms with Crippen molar-refractivity contribution < 1.29 is 23.7 Å². The van der Waals surface area contributed by atoms with Crippen LogP contribution in [0, 0.1) is 11.3 Å². The third-order valence-corrected chi connectivity index (χ3v) is 5.85. The van der Waals surface area contributed by atoms with Gasteiger partial charge in [-0.15, -0.1) is 0 Å². The van der Waals surface area contributed by atoms with Gasteiger partial charge in [-0.05, 0) is 64.7 Å². The zero-order valence-corrected chi connectivity index (χ0v) is 18.0. The maximum Gasteiger partial charge on any atom is 0.255 e. The fourth-order valence-corrected chi connectivity index (χ4v) is 4.28. The van der Waals surface area contributed by atoms with E-state index in [9.17, 15) is 10.1 Å². The van der Waals surface area contributed by atoms with Gasteiger partial charge in [-0.1, -0.05) is 0 Å². The first kappa shape index (κ1) is 20.6. The molecule has 0 unspecified atom stereocenters. The van der Waals surface area contributed by atoms with E-state index in [0.29, 0.717) is 41.5 Å². The lowest BCUT2D eigenvalue weighted by Crippen LogP contribution is -2.34. The first-order valence-corrected chi connectivity index (χ1v) is 10.0. The van der Waals surface area contributed by atoms with Gasteiger partial charge in [-0.25, -0.2) is 0 Å². The second-order valence-corrected chi connectivity index (χ2v) is 7.39. The molecule has 160 valence electrons. The van der Waals surface area contributed by atoms with Crippen LogP contribution in [0.25, 0.3) is 21.5 Å². The number of carbonyl (C=O) groups is 1. The number of rotatable bonds is 5. The molecule has 7 heteroatoms. The van der Waals surface area contributed by atoms with Crippen LogP contribution in [0.15, 0.2) is 30.3 Å². The Morgan fingerprint density at radius 3 is 2.00 bits per heavy atom. The van der Waals surface area contributed by atoms with Crippen molar-refractivity contribution in [2.24, 2.45) is 0 Å². The van der Waals surface area contributed by atoms with Crippen LogP contribution in [0.3, 0.4) is 0 Å². The van der Waals surface area contributed by atoms with Crippen molar-refractivity contribution >= 4 is 27.5 Å². The summed E-state index contributed by atoms with van der Waals surface area (Å²) in [6.07, 6.45) is 1.51. The normalized spacial score (nSPS) is 15.7. The molecular formula is C24H24N2O5. The van der Waals surface area contributed by atoms with Crippen LogP contribution >= 0.6 is 0 Å². The Labute approximate surface area is 180 Å². The lowest BCUT2D eigenvalue weighted by molar-refractivity contribution is 0.0767. The molecule has 1 aliphatic rings.